The van der Waals surface area contributed by atoms with Crippen LogP contribution in [0.25, 0.3) is 0 Å². The molecule has 3 aliphatic heterocycles. The summed E-state index contributed by atoms with van der Waals surface area (Å²) in [5.74, 6) is -1.05. The van der Waals surface area contributed by atoms with Crippen LogP contribution in [0.2, 0.25) is 0 Å². The number of carbonyl (C=O) groups is 3. The molecule has 29 heavy (non-hydrogen) atoms. The number of halogens is 1. The maximum Gasteiger partial charge on any atom is 0.235 e. The lowest BCUT2D eigenvalue weighted by atomic mass is 9.81. The molecule has 1 aromatic carbocycles. The van der Waals surface area contributed by atoms with Crippen molar-refractivity contribution < 1.29 is 19.1 Å². The third-order valence-electron chi connectivity index (χ3n) is 6.13. The minimum atomic E-state index is -0.334. The summed E-state index contributed by atoms with van der Waals surface area (Å²) >= 11 is 0. The van der Waals surface area contributed by atoms with E-state index in [9.17, 15) is 14.4 Å². The number of imide groups is 1. The molecule has 2 N–H and O–H groups in total. The first-order valence-electron chi connectivity index (χ1n) is 10.1. The predicted octanol–water partition coefficient (Wildman–Crippen LogP) is 1.34. The number of rotatable bonds is 8. The van der Waals surface area contributed by atoms with E-state index in [1.807, 2.05) is 30.3 Å². The summed E-state index contributed by atoms with van der Waals surface area (Å²) in [5, 5.41) is 0. The van der Waals surface area contributed by atoms with Gasteiger partial charge in [0.25, 0.3) is 0 Å². The van der Waals surface area contributed by atoms with Crippen LogP contribution in [-0.2, 0) is 25.7 Å². The first kappa shape index (κ1) is 21.7. The molecule has 7 nitrogen and oxygen atoms in total. The number of nitrogens with two attached hydrogens (primary N) is 1. The van der Waals surface area contributed by atoms with E-state index in [1.54, 1.807) is 4.90 Å². The lowest BCUT2D eigenvalue weighted by molar-refractivity contribution is -0.143. The molecule has 1 aromatic rings. The average Bonchev–Trinajstić information content (AvgIpc) is 3.38. The molecular weight excluding hydrogens is 394 g/mol. The topological polar surface area (TPSA) is 92.9 Å². The van der Waals surface area contributed by atoms with E-state index in [0.717, 1.165) is 18.4 Å². The van der Waals surface area contributed by atoms with E-state index in [1.165, 1.54) is 4.90 Å². The fourth-order valence-corrected chi connectivity index (χ4v) is 4.74. The molecule has 3 amide bonds. The molecule has 4 rings (SSSR count). The number of likely N-dealkylation sites (tertiary alicyclic amines) is 1. The Morgan fingerprint density at radius 3 is 2.31 bits per heavy atom. The van der Waals surface area contributed by atoms with Crippen molar-refractivity contribution in [2.75, 3.05) is 19.6 Å². The van der Waals surface area contributed by atoms with E-state index in [-0.39, 0.29) is 67.1 Å². The van der Waals surface area contributed by atoms with Crippen molar-refractivity contribution in [3.8, 4) is 0 Å². The smallest absolute Gasteiger partial charge is 0.235 e. The lowest BCUT2D eigenvalue weighted by Gasteiger charge is -2.24. The summed E-state index contributed by atoms with van der Waals surface area (Å²) in [6.45, 7) is 1.73. The normalized spacial score (nSPS) is 27.1. The van der Waals surface area contributed by atoms with Crippen molar-refractivity contribution in [2.45, 2.75) is 44.4 Å². The van der Waals surface area contributed by atoms with Crippen LogP contribution in [0, 0.1) is 11.8 Å². The fraction of sp³-hybridized carbons (Fsp3) is 0.571. The summed E-state index contributed by atoms with van der Waals surface area (Å²) in [6.07, 6.45) is 2.32. The second kappa shape index (κ2) is 9.24. The Kier molecular flexibility index (Phi) is 6.93. The summed E-state index contributed by atoms with van der Waals surface area (Å²) in [6, 6.07) is 9.78. The number of nitrogens with zero attached hydrogens (tertiary/aromatic N) is 2. The van der Waals surface area contributed by atoms with Gasteiger partial charge in [-0.25, -0.2) is 0 Å². The Morgan fingerprint density at radius 2 is 1.72 bits per heavy atom. The molecule has 0 spiro atoms. The van der Waals surface area contributed by atoms with Crippen molar-refractivity contribution in [3.05, 3.63) is 35.9 Å². The highest BCUT2D eigenvalue weighted by Gasteiger charge is 2.62. The van der Waals surface area contributed by atoms with Gasteiger partial charge >= 0.3 is 0 Å². The van der Waals surface area contributed by atoms with Gasteiger partial charge in [0.2, 0.25) is 17.7 Å². The Hall–Kier alpha value is -1.96. The predicted molar refractivity (Wildman–Crippen MR) is 109 cm³/mol. The molecule has 0 aliphatic carbocycles. The van der Waals surface area contributed by atoms with Crippen molar-refractivity contribution in [1.29, 1.82) is 0 Å². The molecule has 3 saturated heterocycles. The van der Waals surface area contributed by atoms with Crippen LogP contribution in [0.1, 0.15) is 31.2 Å². The van der Waals surface area contributed by atoms with Crippen molar-refractivity contribution in [1.82, 2.24) is 9.80 Å². The van der Waals surface area contributed by atoms with Crippen LogP contribution in [0.4, 0.5) is 0 Å². The molecular formula is C21H28ClN3O4. The first-order valence-corrected chi connectivity index (χ1v) is 10.1. The largest absolute Gasteiger partial charge is 0.373 e. The molecule has 0 radical (unpaired) electrons. The van der Waals surface area contributed by atoms with Crippen LogP contribution < -0.4 is 5.73 Å². The van der Waals surface area contributed by atoms with Gasteiger partial charge in [0.05, 0.1) is 24.0 Å². The Morgan fingerprint density at radius 1 is 1.10 bits per heavy atom. The molecule has 8 heteroatoms. The Labute approximate surface area is 176 Å². The van der Waals surface area contributed by atoms with Crippen LogP contribution in [0.3, 0.4) is 0 Å². The van der Waals surface area contributed by atoms with Gasteiger partial charge in [-0.05, 0) is 31.4 Å². The number of ether oxygens (including phenoxy) is 1. The monoisotopic (exact) mass is 421 g/mol. The van der Waals surface area contributed by atoms with Gasteiger partial charge in [0, 0.05) is 26.1 Å². The van der Waals surface area contributed by atoms with E-state index in [2.05, 4.69) is 0 Å². The molecule has 4 atom stereocenters. The second-order valence-corrected chi connectivity index (χ2v) is 7.86. The van der Waals surface area contributed by atoms with Gasteiger partial charge in [-0.2, -0.15) is 0 Å². The number of hydrogen-bond acceptors (Lipinski definition) is 5. The molecule has 4 unspecified atom stereocenters. The Bertz CT molecular complexity index is 732. The molecule has 3 fully saturated rings. The highest BCUT2D eigenvalue weighted by molar-refractivity contribution is 6.06. The summed E-state index contributed by atoms with van der Waals surface area (Å²) in [7, 11) is 0. The van der Waals surface area contributed by atoms with E-state index >= 15 is 0 Å². The highest BCUT2D eigenvalue weighted by atomic mass is 35.5. The van der Waals surface area contributed by atoms with Gasteiger partial charge in [-0.3, -0.25) is 19.3 Å². The number of hydrogen-bond donors (Lipinski definition) is 1. The van der Waals surface area contributed by atoms with Gasteiger partial charge in [-0.15, -0.1) is 12.4 Å². The first-order chi connectivity index (χ1) is 13.6. The SMILES string of the molecule is Cl.NCCCN(Cc1ccccc1)C(=O)CCN1C(=O)C2C3CCC(O3)C2C1=O. The zero-order valence-electron chi connectivity index (χ0n) is 16.4. The van der Waals surface area contributed by atoms with Gasteiger partial charge in [0.15, 0.2) is 0 Å². The second-order valence-electron chi connectivity index (χ2n) is 7.86. The summed E-state index contributed by atoms with van der Waals surface area (Å²) in [5.41, 5.74) is 6.66. The van der Waals surface area contributed by atoms with Crippen molar-refractivity contribution >= 4 is 30.1 Å². The lowest BCUT2D eigenvalue weighted by Crippen LogP contribution is -2.39. The number of benzene rings is 1. The fourth-order valence-electron chi connectivity index (χ4n) is 4.74. The molecule has 2 bridgehead atoms. The van der Waals surface area contributed by atoms with Gasteiger partial charge < -0.3 is 15.4 Å². The minimum Gasteiger partial charge on any atom is -0.373 e. The number of fused-ring (bicyclic) bond motifs is 5. The zero-order valence-corrected chi connectivity index (χ0v) is 17.2. The van der Waals surface area contributed by atoms with Gasteiger partial charge in [0.1, 0.15) is 0 Å². The minimum absolute atomic E-state index is 0. The summed E-state index contributed by atoms with van der Waals surface area (Å²) in [4.78, 5) is 41.3. The molecule has 3 aliphatic rings. The average molecular weight is 422 g/mol. The maximum absolute atomic E-state index is 12.8. The van der Waals surface area contributed by atoms with Crippen LogP contribution in [-0.4, -0.2) is 59.4 Å². The molecule has 0 aromatic heterocycles. The standard InChI is InChI=1S/C21H27N3O4.ClH/c22-10-4-11-23(13-14-5-2-1-3-6-14)17(25)9-12-24-20(26)18-15-7-8-16(28-15)19(18)21(24)27;/h1-3,5-6,15-16,18-19H,4,7-13,22H2;1H. The van der Waals surface area contributed by atoms with Gasteiger partial charge in [-0.1, -0.05) is 30.3 Å². The number of amides is 3. The van der Waals surface area contributed by atoms with E-state index < -0.39 is 0 Å². The number of carbonyl (C=O) groups excluding carboxylic acids is 3. The van der Waals surface area contributed by atoms with Crippen LogP contribution in [0.15, 0.2) is 30.3 Å². The quantitative estimate of drug-likeness (QED) is 0.639. The van der Waals surface area contributed by atoms with Crippen LogP contribution in [0.5, 0.6) is 0 Å². The maximum atomic E-state index is 12.8. The zero-order chi connectivity index (χ0) is 19.7. The van der Waals surface area contributed by atoms with Crippen LogP contribution >= 0.6 is 12.4 Å². The Balaban J connectivity index is 0.00000240. The van der Waals surface area contributed by atoms with Crippen molar-refractivity contribution in [2.24, 2.45) is 17.6 Å². The molecule has 0 saturated carbocycles. The molecule has 3 heterocycles. The summed E-state index contributed by atoms with van der Waals surface area (Å²) < 4.78 is 5.75. The highest BCUT2D eigenvalue weighted by Crippen LogP contribution is 2.48. The van der Waals surface area contributed by atoms with E-state index in [0.29, 0.717) is 26.1 Å². The molecule has 158 valence electrons. The van der Waals surface area contributed by atoms with E-state index in [4.69, 9.17) is 10.5 Å². The third-order valence-corrected chi connectivity index (χ3v) is 6.13. The third kappa shape index (κ3) is 4.17. The van der Waals surface area contributed by atoms with Crippen molar-refractivity contribution in [3.63, 3.8) is 0 Å².